The summed E-state index contributed by atoms with van der Waals surface area (Å²) in [7, 11) is 0. The fourth-order valence-electron chi connectivity index (χ4n) is 5.18. The molecule has 31 heavy (non-hydrogen) atoms. The molecule has 2 atom stereocenters. The lowest BCUT2D eigenvalue weighted by Crippen LogP contribution is -2.40. The predicted molar refractivity (Wildman–Crippen MR) is 116 cm³/mol. The van der Waals surface area contributed by atoms with Crippen molar-refractivity contribution in [3.63, 3.8) is 0 Å². The zero-order valence-electron chi connectivity index (χ0n) is 18.4. The summed E-state index contributed by atoms with van der Waals surface area (Å²) in [6.45, 7) is 11.8. The van der Waals surface area contributed by atoms with Gasteiger partial charge in [-0.25, -0.2) is 14.6 Å². The summed E-state index contributed by atoms with van der Waals surface area (Å²) in [5.41, 5.74) is 2.06. The van der Waals surface area contributed by atoms with Crippen molar-refractivity contribution in [2.75, 3.05) is 63.9 Å². The van der Waals surface area contributed by atoms with Crippen LogP contribution in [0.25, 0.3) is 5.82 Å². The minimum Gasteiger partial charge on any atom is -0.372 e. The van der Waals surface area contributed by atoms with E-state index in [-0.39, 0.29) is 12.5 Å². The van der Waals surface area contributed by atoms with Gasteiger partial charge in [0.25, 0.3) is 0 Å². The molecule has 0 aliphatic carbocycles. The summed E-state index contributed by atoms with van der Waals surface area (Å²) in [4.78, 5) is 28.0. The van der Waals surface area contributed by atoms with E-state index >= 15 is 0 Å². The summed E-state index contributed by atoms with van der Waals surface area (Å²) < 4.78 is 7.22. The van der Waals surface area contributed by atoms with Crippen molar-refractivity contribution in [2.24, 2.45) is 11.8 Å². The average Bonchev–Trinajstić information content (AvgIpc) is 3.37. The van der Waals surface area contributed by atoms with Crippen LogP contribution in [0.5, 0.6) is 0 Å². The molecular formula is C22H31N7O2. The van der Waals surface area contributed by atoms with E-state index in [0.29, 0.717) is 18.4 Å². The Labute approximate surface area is 183 Å². The highest BCUT2D eigenvalue weighted by molar-refractivity contribution is 5.77. The molecule has 0 aromatic carbocycles. The van der Waals surface area contributed by atoms with Gasteiger partial charge in [0.15, 0.2) is 5.82 Å². The van der Waals surface area contributed by atoms with Gasteiger partial charge in [-0.1, -0.05) is 0 Å². The lowest BCUT2D eigenvalue weighted by atomic mass is 10.0. The van der Waals surface area contributed by atoms with E-state index in [0.717, 1.165) is 75.3 Å². The van der Waals surface area contributed by atoms with Gasteiger partial charge in [0.05, 0.1) is 5.69 Å². The normalized spacial score (nSPS) is 24.6. The molecular weight excluding hydrogens is 394 g/mol. The Balaban J connectivity index is 1.17. The second-order valence-electron chi connectivity index (χ2n) is 9.04. The van der Waals surface area contributed by atoms with Gasteiger partial charge in [0, 0.05) is 64.2 Å². The number of carbonyl (C=O) groups is 1. The number of hydrogen-bond acceptors (Lipinski definition) is 7. The van der Waals surface area contributed by atoms with Crippen LogP contribution in [0.4, 0.5) is 5.82 Å². The van der Waals surface area contributed by atoms with Crippen LogP contribution in [0.1, 0.15) is 17.8 Å². The van der Waals surface area contributed by atoms with Crippen LogP contribution in [0.15, 0.2) is 18.5 Å². The third-order valence-corrected chi connectivity index (χ3v) is 6.73. The Morgan fingerprint density at radius 2 is 1.81 bits per heavy atom. The van der Waals surface area contributed by atoms with Crippen molar-refractivity contribution in [1.29, 1.82) is 0 Å². The number of carbonyl (C=O) groups excluding carboxylic acids is 1. The lowest BCUT2D eigenvalue weighted by molar-refractivity contribution is -0.134. The van der Waals surface area contributed by atoms with E-state index in [1.54, 1.807) is 6.33 Å². The number of rotatable bonds is 5. The maximum absolute atomic E-state index is 12.1. The maximum atomic E-state index is 12.1. The SMILES string of the molecule is Cc1cc(C)n(-c2cc(N3CC4CN(CCN5CCCOCC5=O)CC4C3)ncn2)n1. The van der Waals surface area contributed by atoms with E-state index in [1.807, 2.05) is 29.5 Å². The van der Waals surface area contributed by atoms with E-state index in [1.165, 1.54) is 0 Å². The second kappa shape index (κ2) is 8.55. The molecule has 2 aromatic heterocycles. The molecule has 0 radical (unpaired) electrons. The number of amides is 1. The van der Waals surface area contributed by atoms with Crippen molar-refractivity contribution < 1.29 is 9.53 Å². The van der Waals surface area contributed by atoms with Crippen LogP contribution in [0.2, 0.25) is 0 Å². The molecule has 0 N–H and O–H groups in total. The van der Waals surface area contributed by atoms with Crippen LogP contribution in [0, 0.1) is 25.7 Å². The van der Waals surface area contributed by atoms with E-state index in [4.69, 9.17) is 4.74 Å². The lowest BCUT2D eigenvalue weighted by Gasteiger charge is -2.25. The summed E-state index contributed by atoms with van der Waals surface area (Å²) in [6.07, 6.45) is 2.58. The highest BCUT2D eigenvalue weighted by Crippen LogP contribution is 2.33. The van der Waals surface area contributed by atoms with Crippen LogP contribution in [-0.4, -0.2) is 94.5 Å². The number of likely N-dealkylation sites (tertiary alicyclic amines) is 1. The summed E-state index contributed by atoms with van der Waals surface area (Å²) in [6, 6.07) is 4.11. The molecule has 9 nitrogen and oxygen atoms in total. The predicted octanol–water partition coefficient (Wildman–Crippen LogP) is 0.896. The first kappa shape index (κ1) is 20.4. The highest BCUT2D eigenvalue weighted by atomic mass is 16.5. The van der Waals surface area contributed by atoms with Gasteiger partial charge in [-0.05, 0) is 38.2 Å². The van der Waals surface area contributed by atoms with Crippen molar-refractivity contribution in [2.45, 2.75) is 20.3 Å². The molecule has 2 aromatic rings. The molecule has 3 aliphatic rings. The molecule has 166 valence electrons. The molecule has 3 saturated heterocycles. The minimum absolute atomic E-state index is 0.130. The van der Waals surface area contributed by atoms with Crippen molar-refractivity contribution in [1.82, 2.24) is 29.5 Å². The van der Waals surface area contributed by atoms with Gasteiger partial charge in [0.1, 0.15) is 18.8 Å². The number of aryl methyl sites for hydroxylation is 2. The summed E-state index contributed by atoms with van der Waals surface area (Å²) in [5.74, 6) is 3.23. The van der Waals surface area contributed by atoms with Crippen LogP contribution in [-0.2, 0) is 9.53 Å². The molecule has 0 spiro atoms. The summed E-state index contributed by atoms with van der Waals surface area (Å²) >= 11 is 0. The van der Waals surface area contributed by atoms with Gasteiger partial charge in [-0.15, -0.1) is 0 Å². The topological polar surface area (TPSA) is 79.6 Å². The van der Waals surface area contributed by atoms with Gasteiger partial charge in [0.2, 0.25) is 5.91 Å². The Kier molecular flexibility index (Phi) is 5.62. The van der Waals surface area contributed by atoms with Gasteiger partial charge < -0.3 is 19.4 Å². The van der Waals surface area contributed by atoms with Gasteiger partial charge in [-0.2, -0.15) is 5.10 Å². The van der Waals surface area contributed by atoms with Gasteiger partial charge >= 0.3 is 0 Å². The van der Waals surface area contributed by atoms with Crippen molar-refractivity contribution in [3.05, 3.63) is 29.8 Å². The third kappa shape index (κ3) is 4.29. The minimum atomic E-state index is 0.130. The number of nitrogens with zero attached hydrogens (tertiary/aromatic N) is 7. The molecule has 3 fully saturated rings. The zero-order valence-corrected chi connectivity index (χ0v) is 18.4. The number of hydrogen-bond donors (Lipinski definition) is 0. The van der Waals surface area contributed by atoms with Crippen molar-refractivity contribution in [3.8, 4) is 5.82 Å². The smallest absolute Gasteiger partial charge is 0.248 e. The Hall–Kier alpha value is -2.52. The van der Waals surface area contributed by atoms with Crippen molar-refractivity contribution >= 4 is 11.7 Å². The molecule has 9 heteroatoms. The maximum Gasteiger partial charge on any atom is 0.248 e. The Morgan fingerprint density at radius 1 is 1.03 bits per heavy atom. The van der Waals surface area contributed by atoms with Crippen LogP contribution in [0.3, 0.4) is 0 Å². The third-order valence-electron chi connectivity index (χ3n) is 6.73. The number of aromatic nitrogens is 4. The molecule has 0 bridgehead atoms. The largest absolute Gasteiger partial charge is 0.372 e. The molecule has 2 unspecified atom stereocenters. The first-order chi connectivity index (χ1) is 15.1. The molecule has 1 amide bonds. The monoisotopic (exact) mass is 425 g/mol. The summed E-state index contributed by atoms with van der Waals surface area (Å²) in [5, 5.41) is 4.55. The quantitative estimate of drug-likeness (QED) is 0.704. The Bertz CT molecular complexity index is 932. The van der Waals surface area contributed by atoms with Crippen LogP contribution >= 0.6 is 0 Å². The standard InChI is InChI=1S/C22H31N7O2/c1-16-8-17(2)29(25-16)21-9-20(23-15-24-21)28-12-18-10-26(11-19(18)13-28)5-6-27-4-3-7-31-14-22(27)30/h8-9,15,18-19H,3-7,10-14H2,1-2H3. The molecule has 5 heterocycles. The molecule has 3 aliphatic heterocycles. The molecule has 0 saturated carbocycles. The highest BCUT2D eigenvalue weighted by Gasteiger charge is 2.40. The number of anilines is 1. The fraction of sp³-hybridized carbons (Fsp3) is 0.636. The van der Waals surface area contributed by atoms with Gasteiger partial charge in [-0.3, -0.25) is 4.79 Å². The van der Waals surface area contributed by atoms with E-state index < -0.39 is 0 Å². The Morgan fingerprint density at radius 3 is 2.55 bits per heavy atom. The fourth-order valence-corrected chi connectivity index (χ4v) is 5.18. The van der Waals surface area contributed by atoms with E-state index in [9.17, 15) is 4.79 Å². The second-order valence-corrected chi connectivity index (χ2v) is 9.04. The number of ether oxygens (including phenoxy) is 1. The zero-order chi connectivity index (χ0) is 21.4. The first-order valence-corrected chi connectivity index (χ1v) is 11.3. The van der Waals surface area contributed by atoms with Crippen LogP contribution < -0.4 is 4.90 Å². The molecule has 5 rings (SSSR count). The number of fused-ring (bicyclic) bond motifs is 1. The average molecular weight is 426 g/mol. The van der Waals surface area contributed by atoms with E-state index in [2.05, 4.69) is 30.9 Å². The first-order valence-electron chi connectivity index (χ1n) is 11.3.